The first kappa shape index (κ1) is 12.6. The Labute approximate surface area is 107 Å². The molecule has 2 rings (SSSR count). The van der Waals surface area contributed by atoms with Gasteiger partial charge in [0.1, 0.15) is 0 Å². The molecule has 0 saturated carbocycles. The van der Waals surface area contributed by atoms with Crippen molar-refractivity contribution in [1.29, 1.82) is 5.26 Å². The Hall–Kier alpha value is -1.86. The summed E-state index contributed by atoms with van der Waals surface area (Å²) in [4.78, 5) is 12.0. The summed E-state index contributed by atoms with van der Waals surface area (Å²) < 4.78 is 0. The normalized spacial score (nSPS) is 22.4. The molecule has 2 unspecified atom stereocenters. The Kier molecular flexibility index (Phi) is 3.96. The number of anilines is 1. The zero-order chi connectivity index (χ0) is 13.0. The molecule has 1 amide bonds. The number of hydrogen-bond donors (Lipinski definition) is 2. The predicted molar refractivity (Wildman–Crippen MR) is 70.0 cm³/mol. The summed E-state index contributed by atoms with van der Waals surface area (Å²) in [6, 6.07) is 9.41. The maximum Gasteiger partial charge on any atom is 0.241 e. The van der Waals surface area contributed by atoms with Gasteiger partial charge in [0, 0.05) is 5.69 Å². The summed E-state index contributed by atoms with van der Waals surface area (Å²) in [6.45, 7) is 2.99. The van der Waals surface area contributed by atoms with Crippen LogP contribution in [0, 0.1) is 17.2 Å². The summed E-state index contributed by atoms with van der Waals surface area (Å²) in [6.07, 6.45) is 1.44. The summed E-state index contributed by atoms with van der Waals surface area (Å²) in [5.41, 5.74) is 1.74. The second kappa shape index (κ2) is 5.65. The van der Waals surface area contributed by atoms with Crippen LogP contribution in [0.5, 0.6) is 0 Å². The maximum atomic E-state index is 12.0. The second-order valence-corrected chi connectivity index (χ2v) is 4.72. The third kappa shape index (κ3) is 2.88. The highest BCUT2D eigenvalue weighted by Crippen LogP contribution is 2.17. The standard InChI is InChI=1S/C14H17N3O/c1-10-7-9-16-13(10)14(18)17-12-4-2-11(3-5-12)6-8-15/h2-5,10,13,16H,6-7,9H2,1H3,(H,17,18). The van der Waals surface area contributed by atoms with E-state index < -0.39 is 0 Å². The van der Waals surface area contributed by atoms with Gasteiger partial charge in [-0.05, 0) is 36.6 Å². The molecule has 94 valence electrons. The molecule has 0 radical (unpaired) electrons. The molecule has 1 aromatic carbocycles. The van der Waals surface area contributed by atoms with Gasteiger partial charge in [-0.2, -0.15) is 5.26 Å². The van der Waals surface area contributed by atoms with Crippen LogP contribution in [0.3, 0.4) is 0 Å². The van der Waals surface area contributed by atoms with Crippen LogP contribution in [0.2, 0.25) is 0 Å². The molecule has 2 N–H and O–H groups in total. The van der Waals surface area contributed by atoms with Crippen molar-refractivity contribution in [3.63, 3.8) is 0 Å². The molecule has 0 aromatic heterocycles. The molecule has 1 aromatic rings. The Morgan fingerprint density at radius 3 is 2.78 bits per heavy atom. The molecular formula is C14H17N3O. The van der Waals surface area contributed by atoms with Crippen molar-refractivity contribution in [3.05, 3.63) is 29.8 Å². The van der Waals surface area contributed by atoms with Gasteiger partial charge >= 0.3 is 0 Å². The van der Waals surface area contributed by atoms with Crippen molar-refractivity contribution >= 4 is 11.6 Å². The van der Waals surface area contributed by atoms with Gasteiger partial charge in [-0.15, -0.1) is 0 Å². The third-order valence-electron chi connectivity index (χ3n) is 3.32. The van der Waals surface area contributed by atoms with E-state index in [1.807, 2.05) is 24.3 Å². The first-order valence-corrected chi connectivity index (χ1v) is 6.21. The van der Waals surface area contributed by atoms with E-state index in [9.17, 15) is 4.79 Å². The molecule has 18 heavy (non-hydrogen) atoms. The zero-order valence-corrected chi connectivity index (χ0v) is 10.4. The molecule has 0 aliphatic carbocycles. The van der Waals surface area contributed by atoms with Gasteiger partial charge in [0.2, 0.25) is 5.91 Å². The van der Waals surface area contributed by atoms with Gasteiger partial charge in [-0.25, -0.2) is 0 Å². The lowest BCUT2D eigenvalue weighted by atomic mass is 10.0. The van der Waals surface area contributed by atoms with Crippen molar-refractivity contribution in [1.82, 2.24) is 5.32 Å². The number of hydrogen-bond acceptors (Lipinski definition) is 3. The van der Waals surface area contributed by atoms with Crippen molar-refractivity contribution in [2.75, 3.05) is 11.9 Å². The third-order valence-corrected chi connectivity index (χ3v) is 3.32. The molecule has 1 aliphatic heterocycles. The number of nitrogens with zero attached hydrogens (tertiary/aromatic N) is 1. The van der Waals surface area contributed by atoms with Gasteiger partial charge < -0.3 is 10.6 Å². The summed E-state index contributed by atoms with van der Waals surface area (Å²) >= 11 is 0. The Morgan fingerprint density at radius 1 is 1.50 bits per heavy atom. The molecule has 2 atom stereocenters. The van der Waals surface area contributed by atoms with Gasteiger partial charge in [-0.1, -0.05) is 19.1 Å². The van der Waals surface area contributed by atoms with Gasteiger partial charge in [-0.3, -0.25) is 4.79 Å². The Bertz CT molecular complexity index is 461. The average molecular weight is 243 g/mol. The smallest absolute Gasteiger partial charge is 0.241 e. The van der Waals surface area contributed by atoms with E-state index in [0.29, 0.717) is 12.3 Å². The average Bonchev–Trinajstić information content (AvgIpc) is 2.78. The molecule has 0 spiro atoms. The van der Waals surface area contributed by atoms with Crippen molar-refractivity contribution in [2.24, 2.45) is 5.92 Å². The van der Waals surface area contributed by atoms with E-state index in [4.69, 9.17) is 5.26 Å². The second-order valence-electron chi connectivity index (χ2n) is 4.72. The van der Waals surface area contributed by atoms with Gasteiger partial charge in [0.15, 0.2) is 0 Å². The van der Waals surface area contributed by atoms with Crippen LogP contribution in [-0.2, 0) is 11.2 Å². The van der Waals surface area contributed by atoms with Crippen LogP contribution in [0.15, 0.2) is 24.3 Å². The number of benzene rings is 1. The van der Waals surface area contributed by atoms with Crippen molar-refractivity contribution in [3.8, 4) is 6.07 Å². The van der Waals surface area contributed by atoms with Crippen molar-refractivity contribution < 1.29 is 4.79 Å². The quantitative estimate of drug-likeness (QED) is 0.849. The first-order chi connectivity index (χ1) is 8.70. The minimum atomic E-state index is -0.0937. The summed E-state index contributed by atoms with van der Waals surface area (Å²) in [5, 5.41) is 14.7. The maximum absolute atomic E-state index is 12.0. The van der Waals surface area contributed by atoms with E-state index in [2.05, 4.69) is 23.6 Å². The summed E-state index contributed by atoms with van der Waals surface area (Å²) in [5.74, 6) is 0.399. The lowest BCUT2D eigenvalue weighted by Crippen LogP contribution is -2.39. The minimum absolute atomic E-state index is 0.0213. The zero-order valence-electron chi connectivity index (χ0n) is 10.4. The molecule has 4 heteroatoms. The number of nitriles is 1. The monoisotopic (exact) mass is 243 g/mol. The molecular weight excluding hydrogens is 226 g/mol. The van der Waals surface area contributed by atoms with Crippen molar-refractivity contribution in [2.45, 2.75) is 25.8 Å². The topological polar surface area (TPSA) is 64.9 Å². The molecule has 1 heterocycles. The number of amides is 1. The van der Waals surface area contributed by atoms with E-state index in [-0.39, 0.29) is 11.9 Å². The number of rotatable bonds is 3. The Balaban J connectivity index is 1.97. The van der Waals surface area contributed by atoms with Crippen LogP contribution in [-0.4, -0.2) is 18.5 Å². The SMILES string of the molecule is CC1CCNC1C(=O)Nc1ccc(CC#N)cc1. The van der Waals surface area contributed by atoms with Crippen LogP contribution >= 0.6 is 0 Å². The van der Waals surface area contributed by atoms with E-state index >= 15 is 0 Å². The minimum Gasteiger partial charge on any atom is -0.325 e. The number of carbonyl (C=O) groups excluding carboxylic acids is 1. The van der Waals surface area contributed by atoms with E-state index in [0.717, 1.165) is 24.2 Å². The summed E-state index contributed by atoms with van der Waals surface area (Å²) in [7, 11) is 0. The molecule has 1 saturated heterocycles. The number of nitrogens with one attached hydrogen (secondary N) is 2. The number of carbonyl (C=O) groups is 1. The Morgan fingerprint density at radius 2 is 2.22 bits per heavy atom. The van der Waals surface area contributed by atoms with E-state index in [1.54, 1.807) is 0 Å². The molecule has 0 bridgehead atoms. The van der Waals surface area contributed by atoms with E-state index in [1.165, 1.54) is 0 Å². The largest absolute Gasteiger partial charge is 0.325 e. The van der Waals surface area contributed by atoms with Gasteiger partial charge in [0.25, 0.3) is 0 Å². The lowest BCUT2D eigenvalue weighted by Gasteiger charge is -2.15. The fraction of sp³-hybridized carbons (Fsp3) is 0.429. The molecule has 1 fully saturated rings. The molecule has 4 nitrogen and oxygen atoms in total. The van der Waals surface area contributed by atoms with Crippen LogP contribution in [0.1, 0.15) is 18.9 Å². The lowest BCUT2D eigenvalue weighted by molar-refractivity contribution is -0.118. The highest BCUT2D eigenvalue weighted by molar-refractivity contribution is 5.95. The highest BCUT2D eigenvalue weighted by atomic mass is 16.2. The fourth-order valence-corrected chi connectivity index (χ4v) is 2.20. The predicted octanol–water partition coefficient (Wildman–Crippen LogP) is 1.69. The molecule has 1 aliphatic rings. The van der Waals surface area contributed by atoms with Crippen LogP contribution in [0.25, 0.3) is 0 Å². The van der Waals surface area contributed by atoms with Crippen LogP contribution < -0.4 is 10.6 Å². The first-order valence-electron chi connectivity index (χ1n) is 6.21. The van der Waals surface area contributed by atoms with Gasteiger partial charge in [0.05, 0.1) is 18.5 Å². The fourth-order valence-electron chi connectivity index (χ4n) is 2.20. The van der Waals surface area contributed by atoms with Crippen LogP contribution in [0.4, 0.5) is 5.69 Å². The highest BCUT2D eigenvalue weighted by Gasteiger charge is 2.29.